The number of fused-ring (bicyclic) bond motifs is 5. The van der Waals surface area contributed by atoms with E-state index in [4.69, 9.17) is 12.2 Å². The number of hydrogen-bond donors (Lipinski definition) is 2. The average molecular weight is 531 g/mol. The maximum atomic E-state index is 5.67. The van der Waals surface area contributed by atoms with Crippen molar-refractivity contribution in [3.05, 3.63) is 58.8 Å². The van der Waals surface area contributed by atoms with Gasteiger partial charge in [-0.3, -0.25) is 0 Å². The minimum absolute atomic E-state index is 0.186. The predicted octanol–water partition coefficient (Wildman–Crippen LogP) is 9.11. The minimum Gasteiger partial charge on any atom is -0.352 e. The van der Waals surface area contributed by atoms with Gasteiger partial charge in [0.2, 0.25) is 0 Å². The third kappa shape index (κ3) is 4.40. The van der Waals surface area contributed by atoms with Gasteiger partial charge in [-0.2, -0.15) is 0 Å². The molecule has 0 amide bonds. The lowest BCUT2D eigenvalue weighted by Crippen LogP contribution is -2.52. The lowest BCUT2D eigenvalue weighted by molar-refractivity contribution is -0.0560. The van der Waals surface area contributed by atoms with Crippen LogP contribution in [-0.2, 0) is 0 Å². The summed E-state index contributed by atoms with van der Waals surface area (Å²) in [5.41, 5.74) is 6.67. The van der Waals surface area contributed by atoms with Crippen molar-refractivity contribution >= 4 is 17.3 Å². The quantitative estimate of drug-likeness (QED) is 0.359. The van der Waals surface area contributed by atoms with Crippen molar-refractivity contribution in [1.29, 1.82) is 0 Å². The zero-order valence-corrected chi connectivity index (χ0v) is 25.3. The summed E-state index contributed by atoms with van der Waals surface area (Å²) in [4.78, 5) is 0. The average Bonchev–Trinajstić information content (AvgIpc) is 3.25. The minimum atomic E-state index is 0.186. The fraction of sp³-hybridized carbons (Fsp3) is 0.686. The van der Waals surface area contributed by atoms with Crippen LogP contribution in [-0.4, -0.2) is 5.11 Å². The Kier molecular flexibility index (Phi) is 7.07. The predicted molar refractivity (Wildman–Crippen MR) is 164 cm³/mol. The summed E-state index contributed by atoms with van der Waals surface area (Å²) < 4.78 is 0. The highest BCUT2D eigenvalue weighted by molar-refractivity contribution is 7.80. The van der Waals surface area contributed by atoms with E-state index < -0.39 is 0 Å². The number of benzene rings is 1. The molecule has 6 rings (SSSR count). The molecule has 0 saturated heterocycles. The fourth-order valence-corrected chi connectivity index (χ4v) is 10.5. The Morgan fingerprint density at radius 1 is 0.974 bits per heavy atom. The summed E-state index contributed by atoms with van der Waals surface area (Å²) in [6, 6.07) is 11.1. The largest absolute Gasteiger partial charge is 0.352 e. The molecule has 1 aromatic rings. The summed E-state index contributed by atoms with van der Waals surface area (Å²) >= 11 is 5.67. The number of allylic oxidation sites excluding steroid dienone is 2. The van der Waals surface area contributed by atoms with E-state index >= 15 is 0 Å². The number of hydrogen-bond acceptors (Lipinski definition) is 1. The van der Waals surface area contributed by atoms with Gasteiger partial charge in [-0.15, -0.1) is 0 Å². The fourth-order valence-electron chi connectivity index (χ4n) is 10.3. The summed E-state index contributed by atoms with van der Waals surface area (Å²) in [6.45, 7) is 12.7. The van der Waals surface area contributed by atoms with Gasteiger partial charge in [0.1, 0.15) is 0 Å². The van der Waals surface area contributed by atoms with E-state index in [2.05, 4.69) is 81.7 Å². The van der Waals surface area contributed by atoms with Crippen molar-refractivity contribution in [3.63, 3.8) is 0 Å². The Morgan fingerprint density at radius 3 is 2.53 bits per heavy atom. The van der Waals surface area contributed by atoms with Gasteiger partial charge in [0.25, 0.3) is 0 Å². The van der Waals surface area contributed by atoms with Crippen LogP contribution in [0.4, 0.5) is 0 Å². The van der Waals surface area contributed by atoms with Crippen LogP contribution in [0, 0.1) is 46.3 Å². The molecule has 4 aliphatic carbocycles. The number of rotatable bonds is 6. The van der Waals surface area contributed by atoms with Crippen LogP contribution in [0.2, 0.25) is 0 Å². The van der Waals surface area contributed by atoms with Crippen LogP contribution in [0.1, 0.15) is 110 Å². The molecule has 0 bridgehead atoms. The van der Waals surface area contributed by atoms with Gasteiger partial charge in [-0.05, 0) is 121 Å². The Morgan fingerprint density at radius 2 is 1.76 bits per heavy atom. The van der Waals surface area contributed by atoms with Crippen LogP contribution in [0.25, 0.3) is 0 Å². The van der Waals surface area contributed by atoms with E-state index in [1.165, 1.54) is 74.6 Å². The third-order valence-electron chi connectivity index (χ3n) is 12.2. The molecule has 2 nitrogen and oxygen atoms in total. The topological polar surface area (TPSA) is 24.1 Å². The zero-order chi connectivity index (χ0) is 26.7. The molecule has 1 unspecified atom stereocenters. The molecular formula is C35H50N2S. The molecule has 8 atom stereocenters. The molecule has 3 saturated carbocycles. The second kappa shape index (κ2) is 10.1. The van der Waals surface area contributed by atoms with Crippen LogP contribution >= 0.6 is 12.2 Å². The highest BCUT2D eigenvalue weighted by atomic mass is 32.1. The van der Waals surface area contributed by atoms with Crippen molar-refractivity contribution in [1.82, 2.24) is 10.6 Å². The first-order valence-electron chi connectivity index (χ1n) is 15.8. The van der Waals surface area contributed by atoms with E-state index in [-0.39, 0.29) is 11.5 Å². The second-order valence-electron chi connectivity index (χ2n) is 14.6. The van der Waals surface area contributed by atoms with Crippen molar-refractivity contribution in [2.24, 2.45) is 46.3 Å². The molecule has 3 heteroatoms. The molecule has 5 aliphatic rings. The van der Waals surface area contributed by atoms with E-state index in [1.54, 1.807) is 5.57 Å². The van der Waals surface area contributed by atoms with Crippen molar-refractivity contribution in [2.45, 2.75) is 105 Å². The van der Waals surface area contributed by atoms with Crippen molar-refractivity contribution in [2.75, 3.05) is 0 Å². The van der Waals surface area contributed by atoms with E-state index in [0.717, 1.165) is 47.0 Å². The first-order valence-corrected chi connectivity index (χ1v) is 16.2. The maximum Gasteiger partial charge on any atom is 0.171 e. The molecule has 0 radical (unpaired) electrons. The molecule has 1 aliphatic heterocycles. The summed E-state index contributed by atoms with van der Waals surface area (Å²) in [6.07, 6.45) is 16.4. The van der Waals surface area contributed by atoms with Crippen molar-refractivity contribution < 1.29 is 0 Å². The molecule has 206 valence electrons. The summed E-state index contributed by atoms with van der Waals surface area (Å²) in [5, 5.41) is 7.95. The SMILES string of the molecule is CC(C)CCC[C@@H](C)[C@H]1CC[C@H]2[C@@H]3CCC4=CC5=C(C[C@]4(C)[C@H]3CC[C@]12C)C(c1ccccc1)NC(=S)N5. The monoisotopic (exact) mass is 530 g/mol. The van der Waals surface area contributed by atoms with Crippen LogP contribution in [0.3, 0.4) is 0 Å². The molecule has 38 heavy (non-hydrogen) atoms. The van der Waals surface area contributed by atoms with Crippen molar-refractivity contribution in [3.8, 4) is 0 Å². The van der Waals surface area contributed by atoms with Crippen LogP contribution in [0.15, 0.2) is 53.3 Å². The third-order valence-corrected chi connectivity index (χ3v) is 12.4. The highest BCUT2D eigenvalue weighted by Crippen LogP contribution is 2.68. The highest BCUT2D eigenvalue weighted by Gasteiger charge is 2.59. The van der Waals surface area contributed by atoms with Gasteiger partial charge in [0.05, 0.1) is 6.04 Å². The summed E-state index contributed by atoms with van der Waals surface area (Å²) in [5.74, 6) is 5.29. The molecule has 1 aromatic carbocycles. The van der Waals surface area contributed by atoms with E-state index in [0.29, 0.717) is 5.41 Å². The molecule has 1 heterocycles. The Balaban J connectivity index is 1.24. The Hall–Kier alpha value is -1.61. The van der Waals surface area contributed by atoms with Gasteiger partial charge < -0.3 is 10.6 Å². The Bertz CT molecular complexity index is 1120. The van der Waals surface area contributed by atoms with Gasteiger partial charge in [0, 0.05) is 5.70 Å². The number of nitrogens with one attached hydrogen (secondary N) is 2. The van der Waals surface area contributed by atoms with E-state index in [1.807, 2.05) is 0 Å². The molecule has 2 N–H and O–H groups in total. The molecular weight excluding hydrogens is 480 g/mol. The first-order chi connectivity index (χ1) is 18.2. The van der Waals surface area contributed by atoms with Gasteiger partial charge in [0.15, 0.2) is 5.11 Å². The van der Waals surface area contributed by atoms with Crippen LogP contribution in [0.5, 0.6) is 0 Å². The van der Waals surface area contributed by atoms with E-state index in [9.17, 15) is 0 Å². The number of thiocarbonyl (C=S) groups is 1. The second-order valence-corrected chi connectivity index (χ2v) is 15.0. The van der Waals surface area contributed by atoms with Gasteiger partial charge >= 0.3 is 0 Å². The molecule has 0 aromatic heterocycles. The standard InChI is InChI=1S/C35H50N2S/c1-22(2)10-9-11-23(3)28-16-17-29-26-15-14-25-20-31-27(21-35(25,5)30(26)18-19-34(28,29)4)32(37-33(38)36-31)24-12-7-6-8-13-24/h6-8,12-13,20,22-23,26,28-30,32H,9-11,14-19,21H2,1-5H3,(H2,36,37,38)/t23-,26+,28-,29+,30+,32?,34-,35+/m1/s1. The maximum absolute atomic E-state index is 5.67. The summed E-state index contributed by atoms with van der Waals surface area (Å²) in [7, 11) is 0. The normalized spacial score (nSPS) is 38.8. The lowest BCUT2D eigenvalue weighted by Gasteiger charge is -2.59. The first kappa shape index (κ1) is 26.6. The van der Waals surface area contributed by atoms with Gasteiger partial charge in [-0.1, -0.05) is 89.8 Å². The molecule has 0 spiro atoms. The van der Waals surface area contributed by atoms with Crippen LogP contribution < -0.4 is 10.6 Å². The lowest BCUT2D eigenvalue weighted by atomic mass is 9.46. The molecule has 3 fully saturated rings. The Labute approximate surface area is 237 Å². The zero-order valence-electron chi connectivity index (χ0n) is 24.5. The van der Waals surface area contributed by atoms with Gasteiger partial charge in [-0.25, -0.2) is 0 Å². The smallest absolute Gasteiger partial charge is 0.171 e.